The van der Waals surface area contributed by atoms with Gasteiger partial charge < -0.3 is 4.74 Å². The van der Waals surface area contributed by atoms with Gasteiger partial charge in [-0.05, 0) is 26.0 Å². The summed E-state index contributed by atoms with van der Waals surface area (Å²) in [6.07, 6.45) is 0.663. The zero-order chi connectivity index (χ0) is 12.3. The molecule has 0 amide bonds. The second kappa shape index (κ2) is 4.73. The summed E-state index contributed by atoms with van der Waals surface area (Å²) in [7, 11) is 0. The molecule has 2 aromatic rings. The molecule has 0 unspecified atom stereocenters. The van der Waals surface area contributed by atoms with Gasteiger partial charge in [-0.2, -0.15) is 0 Å². The molecule has 0 saturated heterocycles. The van der Waals surface area contributed by atoms with Gasteiger partial charge in [-0.15, -0.1) is 0 Å². The van der Waals surface area contributed by atoms with E-state index in [9.17, 15) is 4.79 Å². The Hall–Kier alpha value is -2.24. The number of aryl methyl sites for hydroxylation is 2. The third-order valence-electron chi connectivity index (χ3n) is 2.25. The molecule has 0 aliphatic carbocycles. The first-order valence-electron chi connectivity index (χ1n) is 5.04. The highest BCUT2D eigenvalue weighted by Gasteiger charge is 2.09. The lowest BCUT2D eigenvalue weighted by Crippen LogP contribution is -2.02. The van der Waals surface area contributed by atoms with Crippen molar-refractivity contribution in [3.8, 4) is 5.75 Å². The van der Waals surface area contributed by atoms with Gasteiger partial charge >= 0.3 is 0 Å². The molecule has 0 bridgehead atoms. The van der Waals surface area contributed by atoms with Crippen LogP contribution in [0.25, 0.3) is 0 Å². The Kier molecular flexibility index (Phi) is 3.13. The summed E-state index contributed by atoms with van der Waals surface area (Å²) in [6, 6.07) is 3.48. The second-order valence-corrected chi connectivity index (χ2v) is 3.54. The monoisotopic (exact) mass is 233 g/mol. The van der Waals surface area contributed by atoms with E-state index < -0.39 is 0 Å². The summed E-state index contributed by atoms with van der Waals surface area (Å²) >= 11 is 0. The van der Waals surface area contributed by atoms with E-state index in [1.165, 1.54) is 0 Å². The van der Waals surface area contributed by atoms with Gasteiger partial charge in [0.15, 0.2) is 6.29 Å². The molecular weight excluding hydrogens is 222 g/mol. The summed E-state index contributed by atoms with van der Waals surface area (Å²) in [6.45, 7) is 3.77. The van der Waals surface area contributed by atoms with Crippen LogP contribution in [0.2, 0.25) is 0 Å². The van der Waals surface area contributed by atoms with E-state index >= 15 is 0 Å². The van der Waals surface area contributed by atoms with Crippen molar-refractivity contribution in [2.75, 3.05) is 0 Å². The van der Waals surface area contributed by atoms with Crippen LogP contribution < -0.4 is 4.74 Å². The first-order chi connectivity index (χ1) is 8.20. The molecule has 0 N–H and O–H groups in total. The van der Waals surface area contributed by atoms with Crippen molar-refractivity contribution in [1.82, 2.24) is 15.3 Å². The number of carbonyl (C=O) groups excluding carboxylic acids is 1. The number of nitrogens with zero attached hydrogens (tertiary/aromatic N) is 3. The molecule has 0 aliphatic rings. The molecule has 0 aromatic carbocycles. The van der Waals surface area contributed by atoms with E-state index in [2.05, 4.69) is 19.9 Å². The summed E-state index contributed by atoms with van der Waals surface area (Å²) in [5.41, 5.74) is 2.30. The molecule has 0 radical (unpaired) electrons. The Morgan fingerprint density at radius 1 is 1.35 bits per heavy atom. The Morgan fingerprint density at radius 3 is 2.82 bits per heavy atom. The van der Waals surface area contributed by atoms with E-state index in [-0.39, 0.29) is 12.3 Å². The average Bonchev–Trinajstić information content (AvgIpc) is 2.73. The maximum Gasteiger partial charge on any atom is 0.172 e. The predicted molar refractivity (Wildman–Crippen MR) is 57.7 cm³/mol. The van der Waals surface area contributed by atoms with Crippen LogP contribution in [-0.2, 0) is 6.61 Å². The van der Waals surface area contributed by atoms with Crippen LogP contribution >= 0.6 is 0 Å². The molecule has 0 spiro atoms. The number of pyridine rings is 1. The molecule has 2 rings (SSSR count). The topological polar surface area (TPSA) is 78.1 Å². The number of hydrogen-bond donors (Lipinski definition) is 0. The third kappa shape index (κ3) is 2.47. The maximum absolute atomic E-state index is 10.8. The van der Waals surface area contributed by atoms with E-state index in [4.69, 9.17) is 4.74 Å². The fraction of sp³-hybridized carbons (Fsp3) is 0.273. The van der Waals surface area contributed by atoms with Crippen LogP contribution in [-0.4, -0.2) is 21.6 Å². The van der Waals surface area contributed by atoms with Gasteiger partial charge in [-0.1, -0.05) is 10.3 Å². The number of rotatable bonds is 4. The van der Waals surface area contributed by atoms with Gasteiger partial charge in [-0.25, -0.2) is 9.61 Å². The number of carbonyl (C=O) groups is 1. The number of ether oxygens (including phenoxy) is 1. The molecular formula is C11H11N3O3. The summed E-state index contributed by atoms with van der Waals surface area (Å²) in [5, 5.41) is 7.32. The molecule has 0 fully saturated rings. The Bertz CT molecular complexity index is 537. The van der Waals surface area contributed by atoms with Crippen LogP contribution in [0, 0.1) is 13.8 Å². The predicted octanol–water partition coefficient (Wildman–Crippen LogP) is 1.47. The lowest BCUT2D eigenvalue weighted by Gasteiger charge is -2.06. The second-order valence-electron chi connectivity index (χ2n) is 3.54. The minimum Gasteiger partial charge on any atom is -0.485 e. The molecule has 6 nitrogen and oxygen atoms in total. The molecule has 2 heterocycles. The fourth-order valence-corrected chi connectivity index (χ4v) is 1.30. The standard InChI is InChI=1S/C11H11N3O3/c1-7-3-4-11(9(5-15)12-7)16-6-10-8(2)13-17-14-10/h3-5H,6H2,1-2H3. The van der Waals surface area contributed by atoms with Crippen LogP contribution in [0.4, 0.5) is 0 Å². The molecule has 0 saturated carbocycles. The van der Waals surface area contributed by atoms with E-state index in [1.54, 1.807) is 19.1 Å². The lowest BCUT2D eigenvalue weighted by atomic mass is 10.3. The van der Waals surface area contributed by atoms with E-state index in [1.807, 2.05) is 6.92 Å². The number of hydrogen-bond acceptors (Lipinski definition) is 6. The Labute approximate surface area is 97.6 Å². The number of aldehydes is 1. The largest absolute Gasteiger partial charge is 0.485 e. The molecule has 0 aliphatic heterocycles. The van der Waals surface area contributed by atoms with Crippen molar-refractivity contribution < 1.29 is 14.2 Å². The molecule has 0 atom stereocenters. The molecule has 6 heteroatoms. The highest BCUT2D eigenvalue weighted by molar-refractivity contribution is 5.76. The number of aromatic nitrogens is 3. The maximum atomic E-state index is 10.8. The summed E-state index contributed by atoms with van der Waals surface area (Å²) < 4.78 is 10.00. The van der Waals surface area contributed by atoms with Crippen LogP contribution in [0.1, 0.15) is 27.6 Å². The first kappa shape index (κ1) is 11.3. The van der Waals surface area contributed by atoms with Crippen molar-refractivity contribution in [3.05, 3.63) is 34.9 Å². The van der Waals surface area contributed by atoms with Crippen molar-refractivity contribution >= 4 is 6.29 Å². The highest BCUT2D eigenvalue weighted by Crippen LogP contribution is 2.16. The minimum absolute atomic E-state index is 0.195. The van der Waals surface area contributed by atoms with Crippen molar-refractivity contribution in [1.29, 1.82) is 0 Å². The zero-order valence-corrected chi connectivity index (χ0v) is 9.51. The lowest BCUT2D eigenvalue weighted by molar-refractivity contribution is 0.111. The van der Waals surface area contributed by atoms with Crippen molar-refractivity contribution in [2.24, 2.45) is 0 Å². The smallest absolute Gasteiger partial charge is 0.172 e. The van der Waals surface area contributed by atoms with Gasteiger partial charge in [0.05, 0.1) is 0 Å². The van der Waals surface area contributed by atoms with Crippen LogP contribution in [0.3, 0.4) is 0 Å². The van der Waals surface area contributed by atoms with Gasteiger partial charge in [0, 0.05) is 5.69 Å². The third-order valence-corrected chi connectivity index (χ3v) is 2.25. The normalized spacial score (nSPS) is 10.2. The minimum atomic E-state index is 0.195. The quantitative estimate of drug-likeness (QED) is 0.744. The van der Waals surface area contributed by atoms with Gasteiger partial charge in [0.25, 0.3) is 0 Å². The van der Waals surface area contributed by atoms with Crippen LogP contribution in [0.15, 0.2) is 16.8 Å². The first-order valence-corrected chi connectivity index (χ1v) is 5.04. The van der Waals surface area contributed by atoms with Gasteiger partial charge in [0.1, 0.15) is 29.4 Å². The van der Waals surface area contributed by atoms with E-state index in [0.717, 1.165) is 5.69 Å². The van der Waals surface area contributed by atoms with Crippen LogP contribution in [0.5, 0.6) is 5.75 Å². The molecule has 88 valence electrons. The zero-order valence-electron chi connectivity index (χ0n) is 9.51. The van der Waals surface area contributed by atoms with Crippen molar-refractivity contribution in [2.45, 2.75) is 20.5 Å². The Balaban J connectivity index is 2.14. The highest BCUT2D eigenvalue weighted by atomic mass is 16.6. The SMILES string of the molecule is Cc1ccc(OCc2nonc2C)c(C=O)n1. The fourth-order valence-electron chi connectivity index (χ4n) is 1.30. The summed E-state index contributed by atoms with van der Waals surface area (Å²) in [4.78, 5) is 14.9. The van der Waals surface area contributed by atoms with Gasteiger partial charge in [0.2, 0.25) is 0 Å². The summed E-state index contributed by atoms with van der Waals surface area (Å²) in [5.74, 6) is 0.424. The van der Waals surface area contributed by atoms with Gasteiger partial charge in [-0.3, -0.25) is 4.79 Å². The molecule has 2 aromatic heterocycles. The molecule has 17 heavy (non-hydrogen) atoms. The Morgan fingerprint density at radius 2 is 2.18 bits per heavy atom. The average molecular weight is 233 g/mol. The van der Waals surface area contributed by atoms with Crippen molar-refractivity contribution in [3.63, 3.8) is 0 Å². The van der Waals surface area contributed by atoms with E-state index in [0.29, 0.717) is 23.4 Å².